The van der Waals surface area contributed by atoms with Gasteiger partial charge in [-0.25, -0.2) is 0 Å². The molecule has 4 nitrogen and oxygen atoms in total. The highest BCUT2D eigenvalue weighted by atomic mass is 16.5. The molecule has 0 saturated carbocycles. The highest BCUT2D eigenvalue weighted by Crippen LogP contribution is 2.09. The molecule has 4 heteroatoms. The van der Waals surface area contributed by atoms with E-state index in [2.05, 4.69) is 10.6 Å². The van der Waals surface area contributed by atoms with Crippen LogP contribution in [0.1, 0.15) is 18.1 Å². The normalized spacial score (nSPS) is 10.2. The van der Waals surface area contributed by atoms with Crippen LogP contribution in [0.3, 0.4) is 0 Å². The number of rotatable bonds is 7. The maximum absolute atomic E-state index is 11.3. The summed E-state index contributed by atoms with van der Waals surface area (Å²) in [6.45, 7) is 4.14. The molecule has 0 fully saturated rings. The summed E-state index contributed by atoms with van der Waals surface area (Å²) in [6, 6.07) is 7.98. The zero-order valence-corrected chi connectivity index (χ0v) is 10.5. The molecule has 17 heavy (non-hydrogen) atoms. The molecule has 0 bridgehead atoms. The van der Waals surface area contributed by atoms with Gasteiger partial charge in [-0.15, -0.1) is 0 Å². The zero-order chi connectivity index (χ0) is 12.5. The number of benzene rings is 1. The molecule has 0 radical (unpaired) electrons. The van der Waals surface area contributed by atoms with Crippen molar-refractivity contribution in [1.82, 2.24) is 10.6 Å². The lowest BCUT2D eigenvalue weighted by molar-refractivity contribution is -0.120. The maximum Gasteiger partial charge on any atom is 0.234 e. The molecule has 0 heterocycles. The van der Waals surface area contributed by atoms with Gasteiger partial charge in [0.2, 0.25) is 5.91 Å². The predicted octanol–water partition coefficient (Wildman–Crippen LogP) is 1.06. The molecule has 2 N–H and O–H groups in total. The van der Waals surface area contributed by atoms with E-state index in [1.165, 1.54) is 0 Å². The van der Waals surface area contributed by atoms with Crippen LogP contribution in [0.5, 0.6) is 0 Å². The largest absolute Gasteiger partial charge is 0.377 e. The third kappa shape index (κ3) is 4.97. The molecule has 1 amide bonds. The SMILES string of the molecule is CCOCc1ccccc1CNC(=O)CNC. The lowest BCUT2D eigenvalue weighted by Crippen LogP contribution is -2.31. The van der Waals surface area contributed by atoms with Gasteiger partial charge in [-0.05, 0) is 25.1 Å². The number of ether oxygens (including phenoxy) is 1. The minimum atomic E-state index is -0.00119. The molecule has 1 aromatic carbocycles. The number of carbonyl (C=O) groups excluding carboxylic acids is 1. The van der Waals surface area contributed by atoms with Gasteiger partial charge in [-0.2, -0.15) is 0 Å². The van der Waals surface area contributed by atoms with Gasteiger partial charge in [0.15, 0.2) is 0 Å². The second kappa shape index (κ2) is 7.81. The van der Waals surface area contributed by atoms with Crippen LogP contribution in [-0.4, -0.2) is 26.1 Å². The molecule has 0 atom stereocenters. The molecule has 0 spiro atoms. The molecule has 0 aromatic heterocycles. The predicted molar refractivity (Wildman–Crippen MR) is 67.5 cm³/mol. The average Bonchev–Trinajstić information content (AvgIpc) is 2.35. The first-order valence-corrected chi connectivity index (χ1v) is 5.83. The van der Waals surface area contributed by atoms with Crippen molar-refractivity contribution in [2.45, 2.75) is 20.1 Å². The highest BCUT2D eigenvalue weighted by molar-refractivity contribution is 5.77. The Bertz CT molecular complexity index is 353. The van der Waals surface area contributed by atoms with Crippen molar-refractivity contribution in [2.75, 3.05) is 20.2 Å². The third-order valence-corrected chi connectivity index (χ3v) is 2.39. The standard InChI is InChI=1S/C13H20N2O2/c1-3-17-10-12-7-5-4-6-11(12)8-15-13(16)9-14-2/h4-7,14H,3,8-10H2,1-2H3,(H,15,16). The molecule has 1 rings (SSSR count). The van der Waals surface area contributed by atoms with Gasteiger partial charge in [0, 0.05) is 13.2 Å². The van der Waals surface area contributed by atoms with Crippen LogP contribution < -0.4 is 10.6 Å². The minimum absolute atomic E-state index is 0.00119. The number of hydrogen-bond donors (Lipinski definition) is 2. The van der Waals surface area contributed by atoms with Crippen molar-refractivity contribution in [3.8, 4) is 0 Å². The first-order valence-electron chi connectivity index (χ1n) is 5.83. The van der Waals surface area contributed by atoms with Crippen LogP contribution in [-0.2, 0) is 22.7 Å². The number of carbonyl (C=O) groups is 1. The van der Waals surface area contributed by atoms with Gasteiger partial charge in [0.1, 0.15) is 0 Å². The lowest BCUT2D eigenvalue weighted by atomic mass is 10.1. The Hall–Kier alpha value is -1.39. The topological polar surface area (TPSA) is 50.4 Å². The summed E-state index contributed by atoms with van der Waals surface area (Å²) in [5.41, 5.74) is 2.23. The third-order valence-electron chi connectivity index (χ3n) is 2.39. The molecule has 1 aromatic rings. The van der Waals surface area contributed by atoms with Crippen molar-refractivity contribution in [3.63, 3.8) is 0 Å². The number of hydrogen-bond acceptors (Lipinski definition) is 3. The van der Waals surface area contributed by atoms with Crippen molar-refractivity contribution in [1.29, 1.82) is 0 Å². The second-order valence-electron chi connectivity index (χ2n) is 3.71. The molecular formula is C13H20N2O2. The van der Waals surface area contributed by atoms with Crippen LogP contribution in [0.15, 0.2) is 24.3 Å². The van der Waals surface area contributed by atoms with Crippen LogP contribution >= 0.6 is 0 Å². The quantitative estimate of drug-likeness (QED) is 0.744. The lowest BCUT2D eigenvalue weighted by Gasteiger charge is -2.10. The van der Waals surface area contributed by atoms with E-state index in [1.54, 1.807) is 7.05 Å². The van der Waals surface area contributed by atoms with E-state index in [-0.39, 0.29) is 5.91 Å². The van der Waals surface area contributed by atoms with Gasteiger partial charge in [-0.1, -0.05) is 24.3 Å². The van der Waals surface area contributed by atoms with Crippen LogP contribution in [0.4, 0.5) is 0 Å². The summed E-state index contributed by atoms with van der Waals surface area (Å²) < 4.78 is 5.39. The fraction of sp³-hybridized carbons (Fsp3) is 0.462. The summed E-state index contributed by atoms with van der Waals surface area (Å²) in [6.07, 6.45) is 0. The Labute approximate surface area is 102 Å². The van der Waals surface area contributed by atoms with Gasteiger partial charge in [-0.3, -0.25) is 4.79 Å². The van der Waals surface area contributed by atoms with E-state index in [9.17, 15) is 4.79 Å². The van der Waals surface area contributed by atoms with Crippen molar-refractivity contribution < 1.29 is 9.53 Å². The van der Waals surface area contributed by atoms with E-state index < -0.39 is 0 Å². The fourth-order valence-electron chi connectivity index (χ4n) is 1.50. The second-order valence-corrected chi connectivity index (χ2v) is 3.71. The molecule has 0 aliphatic rings. The Morgan fingerprint density at radius 2 is 2.00 bits per heavy atom. The van der Waals surface area contributed by atoms with Gasteiger partial charge < -0.3 is 15.4 Å². The van der Waals surface area contributed by atoms with Gasteiger partial charge in [0.05, 0.1) is 13.2 Å². The van der Waals surface area contributed by atoms with Crippen molar-refractivity contribution in [3.05, 3.63) is 35.4 Å². The Kier molecular flexibility index (Phi) is 6.29. The monoisotopic (exact) mass is 236 g/mol. The molecule has 0 saturated heterocycles. The first-order chi connectivity index (χ1) is 8.27. The first kappa shape index (κ1) is 13.7. The van der Waals surface area contributed by atoms with Gasteiger partial charge >= 0.3 is 0 Å². The Morgan fingerprint density at radius 3 is 2.65 bits per heavy atom. The molecule has 0 aliphatic heterocycles. The molecular weight excluding hydrogens is 216 g/mol. The van der Waals surface area contributed by atoms with E-state index in [1.807, 2.05) is 31.2 Å². The van der Waals surface area contributed by atoms with Crippen molar-refractivity contribution in [2.24, 2.45) is 0 Å². The van der Waals surface area contributed by atoms with E-state index in [4.69, 9.17) is 4.74 Å². The van der Waals surface area contributed by atoms with Crippen molar-refractivity contribution >= 4 is 5.91 Å². The molecule has 0 unspecified atom stereocenters. The summed E-state index contributed by atoms with van der Waals surface area (Å²) in [5.74, 6) is -0.00119. The number of amides is 1. The van der Waals surface area contributed by atoms with Crippen LogP contribution in [0, 0.1) is 0 Å². The van der Waals surface area contributed by atoms with Gasteiger partial charge in [0.25, 0.3) is 0 Å². The molecule has 94 valence electrons. The summed E-state index contributed by atoms with van der Waals surface area (Å²) in [5, 5.41) is 5.68. The Balaban J connectivity index is 2.54. The van der Waals surface area contributed by atoms with Crippen LogP contribution in [0.25, 0.3) is 0 Å². The van der Waals surface area contributed by atoms with E-state index in [0.717, 1.165) is 11.1 Å². The highest BCUT2D eigenvalue weighted by Gasteiger charge is 2.03. The minimum Gasteiger partial charge on any atom is -0.377 e. The zero-order valence-electron chi connectivity index (χ0n) is 10.5. The molecule has 0 aliphatic carbocycles. The number of likely N-dealkylation sites (N-methyl/N-ethyl adjacent to an activating group) is 1. The van der Waals surface area contributed by atoms with Crippen LogP contribution in [0.2, 0.25) is 0 Å². The maximum atomic E-state index is 11.3. The smallest absolute Gasteiger partial charge is 0.234 e. The number of nitrogens with one attached hydrogen (secondary N) is 2. The van der Waals surface area contributed by atoms with E-state index in [0.29, 0.717) is 26.3 Å². The summed E-state index contributed by atoms with van der Waals surface area (Å²) in [7, 11) is 1.75. The van der Waals surface area contributed by atoms with E-state index >= 15 is 0 Å². The fourth-order valence-corrected chi connectivity index (χ4v) is 1.50. The summed E-state index contributed by atoms with van der Waals surface area (Å²) >= 11 is 0. The Morgan fingerprint density at radius 1 is 1.29 bits per heavy atom. The average molecular weight is 236 g/mol. The summed E-state index contributed by atoms with van der Waals surface area (Å²) in [4.78, 5) is 11.3.